The van der Waals surface area contributed by atoms with Crippen LogP contribution in [0, 0.1) is 59.0 Å². The van der Waals surface area contributed by atoms with E-state index >= 15 is 13.2 Å². The largest absolute Gasteiger partial charge is 0.317 e. The summed E-state index contributed by atoms with van der Waals surface area (Å²) in [5.41, 5.74) is 16.3. The van der Waals surface area contributed by atoms with Crippen LogP contribution in [0.5, 0.6) is 0 Å². The molecule has 0 radical (unpaired) electrons. The first-order chi connectivity index (χ1) is 42.6. The molecule has 0 atom stereocenters. The number of likely N-dealkylation sites (tertiary alicyclic amines) is 2. The number of nitrogens with one attached hydrogen (secondary N) is 1. The number of benzene rings is 5. The summed E-state index contributed by atoms with van der Waals surface area (Å²) in [6.45, 7) is 24.7. The SMILES string of the molecule is CCN1CCC(c2cc3c(F)cc(-c4cc(C)c5nc(C)sc5c4)cc3nn2)CC1.CCN1CCC(c2cc3c(F)cc(-c4cn5cc(C)nc(C)c5n4)cc3nn2)CC1.Cc1nc2c(C)cc(-c3cc(F)c4cc(C5CCNCC5)nnc4c3)cc2s1. The third-order valence-electron chi connectivity index (χ3n) is 18.0. The molecule has 88 heavy (non-hydrogen) atoms. The average molecular weight is 1220 g/mol. The number of thiazole rings is 2. The number of hydrogen-bond donors (Lipinski definition) is 1. The van der Waals surface area contributed by atoms with Gasteiger partial charge in [-0.2, -0.15) is 30.6 Å². The van der Waals surface area contributed by atoms with Gasteiger partial charge in [0.25, 0.3) is 0 Å². The Labute approximate surface area is 517 Å². The van der Waals surface area contributed by atoms with Crippen LogP contribution in [-0.2, 0) is 0 Å². The van der Waals surface area contributed by atoms with Crippen molar-refractivity contribution >= 4 is 81.5 Å². The van der Waals surface area contributed by atoms with Gasteiger partial charge in [0.2, 0.25) is 0 Å². The van der Waals surface area contributed by atoms with Gasteiger partial charge in [-0.05, 0) is 245 Å². The van der Waals surface area contributed by atoms with E-state index < -0.39 is 0 Å². The molecule has 0 aliphatic carbocycles. The summed E-state index contributed by atoms with van der Waals surface area (Å²) in [7, 11) is 0. The van der Waals surface area contributed by atoms with Crippen molar-refractivity contribution in [3.8, 4) is 33.5 Å². The Hall–Kier alpha value is -7.81. The van der Waals surface area contributed by atoms with Crippen molar-refractivity contribution in [1.29, 1.82) is 0 Å². The van der Waals surface area contributed by atoms with E-state index in [1.165, 1.54) is 0 Å². The maximum absolute atomic E-state index is 15.1. The molecule has 0 bridgehead atoms. The van der Waals surface area contributed by atoms with Gasteiger partial charge in [-0.15, -0.1) is 22.7 Å². The summed E-state index contributed by atoms with van der Waals surface area (Å²) in [5, 5.41) is 33.6. The molecule has 3 saturated heterocycles. The van der Waals surface area contributed by atoms with Gasteiger partial charge in [0.15, 0.2) is 5.65 Å². The van der Waals surface area contributed by atoms with Crippen LogP contribution in [0.3, 0.4) is 0 Å². The van der Waals surface area contributed by atoms with Crippen molar-refractivity contribution in [2.75, 3.05) is 52.4 Å². The first kappa shape index (κ1) is 59.2. The van der Waals surface area contributed by atoms with Crippen LogP contribution >= 0.6 is 22.7 Å². The van der Waals surface area contributed by atoms with E-state index in [2.05, 4.69) is 111 Å². The van der Waals surface area contributed by atoms with Crippen LogP contribution in [0.2, 0.25) is 0 Å². The minimum atomic E-state index is -0.285. The number of nitrogens with zero attached hydrogens (tertiary/aromatic N) is 13. The van der Waals surface area contributed by atoms with Crippen LogP contribution in [0.4, 0.5) is 13.2 Å². The highest BCUT2D eigenvalue weighted by molar-refractivity contribution is 7.18. The number of piperidine rings is 3. The fourth-order valence-electron chi connectivity index (χ4n) is 13.0. The summed E-state index contributed by atoms with van der Waals surface area (Å²) in [4.78, 5) is 23.2. The number of imidazole rings is 1. The molecule has 3 aliphatic heterocycles. The van der Waals surface area contributed by atoms with E-state index in [0.29, 0.717) is 61.7 Å². The molecule has 10 heterocycles. The molecule has 0 unspecified atom stereocenters. The van der Waals surface area contributed by atoms with Crippen molar-refractivity contribution in [1.82, 2.24) is 70.0 Å². The van der Waals surface area contributed by atoms with Crippen LogP contribution in [0.25, 0.3) is 92.3 Å². The predicted molar refractivity (Wildman–Crippen MR) is 349 cm³/mol. The molecular formula is C69H71F3N14S2. The summed E-state index contributed by atoms with van der Waals surface area (Å²) in [5.74, 6) is 0.313. The molecule has 450 valence electrons. The molecule has 5 aromatic carbocycles. The molecule has 1 N–H and O–H groups in total. The lowest BCUT2D eigenvalue weighted by Crippen LogP contribution is -2.32. The summed E-state index contributed by atoms with van der Waals surface area (Å²) >= 11 is 3.33. The summed E-state index contributed by atoms with van der Waals surface area (Å²) < 4.78 is 49.4. The zero-order chi connectivity index (χ0) is 60.9. The van der Waals surface area contributed by atoms with E-state index in [-0.39, 0.29) is 17.5 Å². The average Bonchev–Trinajstić information content (AvgIpc) is 1.92. The lowest BCUT2D eigenvalue weighted by Gasteiger charge is -2.30. The number of aryl methyl sites for hydroxylation is 6. The van der Waals surface area contributed by atoms with Crippen LogP contribution in [-0.4, -0.2) is 117 Å². The maximum atomic E-state index is 15.1. The Morgan fingerprint density at radius 2 is 0.864 bits per heavy atom. The fourth-order valence-corrected chi connectivity index (χ4v) is 14.9. The molecule has 15 rings (SSSR count). The first-order valence-corrected chi connectivity index (χ1v) is 32.4. The Morgan fingerprint density at radius 3 is 1.31 bits per heavy atom. The van der Waals surface area contributed by atoms with Gasteiger partial charge in [0, 0.05) is 51.9 Å². The molecule has 3 fully saturated rings. The molecule has 0 saturated carbocycles. The summed E-state index contributed by atoms with van der Waals surface area (Å²) in [6.07, 6.45) is 10.1. The Bertz CT molecular complexity index is 4600. The number of aromatic nitrogens is 11. The topological polar surface area (TPSA) is 152 Å². The first-order valence-electron chi connectivity index (χ1n) is 30.8. The third-order valence-corrected chi connectivity index (χ3v) is 19.8. The second kappa shape index (κ2) is 25.0. The molecule has 0 amide bonds. The van der Waals surface area contributed by atoms with E-state index in [0.717, 1.165) is 189 Å². The maximum Gasteiger partial charge on any atom is 0.158 e. The molecule has 19 heteroatoms. The van der Waals surface area contributed by atoms with Crippen LogP contribution in [0.1, 0.15) is 120 Å². The van der Waals surface area contributed by atoms with Gasteiger partial charge < -0.3 is 19.5 Å². The zero-order valence-electron chi connectivity index (χ0n) is 51.1. The number of halogens is 3. The van der Waals surface area contributed by atoms with E-state index in [1.54, 1.807) is 40.9 Å². The van der Waals surface area contributed by atoms with E-state index in [4.69, 9.17) is 0 Å². The second-order valence-corrected chi connectivity index (χ2v) is 26.5. The van der Waals surface area contributed by atoms with Crippen molar-refractivity contribution in [2.45, 2.75) is 112 Å². The number of fused-ring (bicyclic) bond motifs is 6. The minimum absolute atomic E-state index is 0.233. The minimum Gasteiger partial charge on any atom is -0.317 e. The molecule has 3 aliphatic rings. The second-order valence-electron chi connectivity index (χ2n) is 24.0. The van der Waals surface area contributed by atoms with Gasteiger partial charge >= 0.3 is 0 Å². The number of rotatable bonds is 8. The highest BCUT2D eigenvalue weighted by Crippen LogP contribution is 2.38. The highest BCUT2D eigenvalue weighted by atomic mass is 32.1. The lowest BCUT2D eigenvalue weighted by atomic mass is 9.92. The van der Waals surface area contributed by atoms with Crippen molar-refractivity contribution in [3.05, 3.63) is 158 Å². The van der Waals surface area contributed by atoms with E-state index in [1.807, 2.05) is 87.8 Å². The quantitative estimate of drug-likeness (QED) is 0.154. The van der Waals surface area contributed by atoms with Gasteiger partial charge in [0.1, 0.15) is 17.5 Å². The van der Waals surface area contributed by atoms with Crippen molar-refractivity contribution < 1.29 is 13.2 Å². The highest BCUT2D eigenvalue weighted by Gasteiger charge is 2.25. The molecule has 12 aromatic rings. The van der Waals surface area contributed by atoms with Gasteiger partial charge in [-0.25, -0.2) is 28.1 Å². The molecule has 0 spiro atoms. The monoisotopic (exact) mass is 1220 g/mol. The Kier molecular flexibility index (Phi) is 16.8. The van der Waals surface area contributed by atoms with Gasteiger partial charge in [0.05, 0.1) is 81.2 Å². The van der Waals surface area contributed by atoms with Crippen LogP contribution in [0.15, 0.2) is 91.3 Å². The van der Waals surface area contributed by atoms with E-state index in [9.17, 15) is 0 Å². The molecule has 14 nitrogen and oxygen atoms in total. The molecular weight excluding hydrogens is 1150 g/mol. The fraction of sp³-hybridized carbons (Fsp3) is 0.362. The molecule has 7 aromatic heterocycles. The number of hydrogen-bond acceptors (Lipinski definition) is 15. The van der Waals surface area contributed by atoms with Gasteiger partial charge in [-0.1, -0.05) is 13.8 Å². The van der Waals surface area contributed by atoms with Crippen LogP contribution < -0.4 is 5.32 Å². The van der Waals surface area contributed by atoms with Gasteiger partial charge in [-0.3, -0.25) is 4.98 Å². The Morgan fingerprint density at radius 1 is 0.455 bits per heavy atom. The normalized spacial score (nSPS) is 15.9. The third kappa shape index (κ3) is 12.2. The standard InChI is InChI=1S/C24H25FN4S.C23H25FN6.C22H21FN4S/c1-4-29-7-5-16(6-8-29)21-13-19-20(25)10-18(11-22(19)28-27-21)17-9-14(2)24-23(12-17)30-15(3)26-24;1-4-29-7-5-16(6-8-29)20-11-18-19(24)9-17(10-21(18)28-27-20)22-13-30-12-14(2)25-15(3)23(30)26-22;1-12-7-15(10-21-22(12)25-13(2)28-21)16-8-18(23)17-11-19(26-27-20(17)9-16)14-3-5-24-6-4-14/h2*9-13,16H,4-8H2,1-3H3;7-11,14,24H,3-6H2,1-2H3. The Balaban J connectivity index is 0.000000122. The lowest BCUT2D eigenvalue weighted by molar-refractivity contribution is 0.220. The predicted octanol–water partition coefficient (Wildman–Crippen LogP) is 15.3. The summed E-state index contributed by atoms with van der Waals surface area (Å²) in [6, 6.07) is 24.5. The van der Waals surface area contributed by atoms with Crippen molar-refractivity contribution in [3.63, 3.8) is 0 Å². The smallest absolute Gasteiger partial charge is 0.158 e. The zero-order valence-corrected chi connectivity index (χ0v) is 52.7. The van der Waals surface area contributed by atoms with Crippen molar-refractivity contribution in [2.24, 2.45) is 0 Å².